The van der Waals surface area contributed by atoms with E-state index < -0.39 is 5.91 Å². The van der Waals surface area contributed by atoms with Crippen LogP contribution in [-0.4, -0.2) is 90.1 Å². The highest BCUT2D eigenvalue weighted by Crippen LogP contribution is 2.52. The minimum atomic E-state index is -0.923. The Morgan fingerprint density at radius 2 is 0.505 bits per heavy atom. The Labute approximate surface area is 569 Å². The summed E-state index contributed by atoms with van der Waals surface area (Å²) in [6, 6.07) is 75.3. The number of amidine groups is 4. The normalized spacial score (nSPS) is 13.7. The molecule has 0 fully saturated rings. The van der Waals surface area contributed by atoms with Crippen molar-refractivity contribution in [2.75, 3.05) is 25.0 Å². The van der Waals surface area contributed by atoms with Gasteiger partial charge >= 0.3 is 5.91 Å². The number of hydrogen-bond acceptors (Lipinski definition) is 4. The van der Waals surface area contributed by atoms with Gasteiger partial charge in [-0.25, -0.2) is 0 Å². The van der Waals surface area contributed by atoms with Crippen LogP contribution < -0.4 is 11.0 Å². The minimum absolute atomic E-state index is 0.171. The topological polar surface area (TPSA) is 65.3 Å². The highest BCUT2D eigenvalue weighted by molar-refractivity contribution is 8.14. The summed E-state index contributed by atoms with van der Waals surface area (Å²) < 4.78 is 9.32. The molecule has 12 heteroatoms. The summed E-state index contributed by atoms with van der Waals surface area (Å²) in [4.78, 5) is 27.0. The van der Waals surface area contributed by atoms with Crippen LogP contribution in [0.4, 0.5) is 11.6 Å². The summed E-state index contributed by atoms with van der Waals surface area (Å²) in [5.74, 6) is 20.2. The van der Waals surface area contributed by atoms with Gasteiger partial charge in [-0.3, -0.25) is 0 Å². The molecule has 1 spiro atoms. The maximum atomic E-state index is 5.42. The number of aromatic nitrogens is 2. The van der Waals surface area contributed by atoms with E-state index in [1.54, 1.807) is 0 Å². The standard InChI is InChI=1S/C33H16N8.4C8H10S.8C2H6/c1-2-10-18-17(9-1)25-34-27-19-11-3-4-12-20(19)29-36-31-23-15-7-8-16-24(23)32-37-30-22-14-6-5-13-21(22)28-35-26(18)38(25)33(39(27)29,40(28)30)41(31)32;4*1-9(2)8-6-4-3-5-7-8;8*1-2/h1-16H;4*3-7H,1H2,2H3;8*1-2H3/q+2;;;;;;;;;;;;. The van der Waals surface area contributed by atoms with Crippen LogP contribution in [0.25, 0.3) is 21.5 Å². The highest BCUT2D eigenvalue weighted by Gasteiger charge is 2.69. The molecule has 8 heterocycles. The van der Waals surface area contributed by atoms with E-state index in [9.17, 15) is 0 Å². The molecule has 0 aliphatic carbocycles. The van der Waals surface area contributed by atoms with E-state index in [1.165, 1.54) is 19.6 Å². The molecule has 8 nitrogen and oxygen atoms in total. The van der Waals surface area contributed by atoms with Gasteiger partial charge < -0.3 is 0 Å². The third-order valence-corrected chi connectivity index (χ3v) is 18.3. The lowest BCUT2D eigenvalue weighted by molar-refractivity contribution is -0.790. The van der Waals surface area contributed by atoms with E-state index in [1.807, 2.05) is 184 Å². The van der Waals surface area contributed by atoms with Crippen molar-refractivity contribution in [1.29, 1.82) is 0 Å². The lowest BCUT2D eigenvalue weighted by Gasteiger charge is -2.40. The zero-order valence-corrected chi connectivity index (χ0v) is 62.6. The number of rotatable bonds is 4. The largest absolute Gasteiger partial charge is 0.404 e. The fourth-order valence-corrected chi connectivity index (χ4v) is 13.0. The molecular formula is C81H104N8S4+2. The van der Waals surface area contributed by atoms with Crippen molar-refractivity contribution < 1.29 is 9.15 Å². The van der Waals surface area contributed by atoms with E-state index in [0.29, 0.717) is 0 Å². The van der Waals surface area contributed by atoms with Gasteiger partial charge in [-0.1, -0.05) is 276 Å². The van der Waals surface area contributed by atoms with Crippen molar-refractivity contribution in [2.45, 2.75) is 136 Å². The van der Waals surface area contributed by atoms with Gasteiger partial charge in [0.2, 0.25) is 22.6 Å². The van der Waals surface area contributed by atoms with Gasteiger partial charge in [0.1, 0.15) is 0 Å². The second-order valence-electron chi connectivity index (χ2n) is 19.0. The average molecular weight is 1320 g/mol. The molecule has 10 aromatic rings. The van der Waals surface area contributed by atoms with Gasteiger partial charge in [-0.2, -0.15) is 51.1 Å². The van der Waals surface area contributed by atoms with Crippen molar-refractivity contribution in [3.8, 4) is 0 Å². The van der Waals surface area contributed by atoms with Gasteiger partial charge in [0.15, 0.2) is 0 Å². The Kier molecular flexibility index (Phi) is 32.4. The van der Waals surface area contributed by atoms with E-state index in [2.05, 4.69) is 212 Å². The lowest BCUT2D eigenvalue weighted by atomic mass is 10.1. The first-order chi connectivity index (χ1) is 45.6. The third kappa shape index (κ3) is 16.0. The molecule has 0 amide bonds. The molecule has 93 heavy (non-hydrogen) atoms. The number of fused-ring (bicyclic) bond motifs is 12. The molecule has 6 aliphatic heterocycles. The monoisotopic (exact) mass is 1320 g/mol. The molecule has 0 radical (unpaired) electrons. The molecule has 490 valence electrons. The number of benzene rings is 8. The van der Waals surface area contributed by atoms with Gasteiger partial charge in [-0.15, -0.1) is 9.15 Å². The molecule has 4 atom stereocenters. The summed E-state index contributed by atoms with van der Waals surface area (Å²) in [6.45, 7) is 32.0. The minimum Gasteiger partial charge on any atom is -0.192 e. The van der Waals surface area contributed by atoms with E-state index in [0.717, 1.165) is 89.8 Å². The van der Waals surface area contributed by atoms with Crippen LogP contribution in [0, 0.1) is 0 Å². The predicted octanol–water partition coefficient (Wildman–Crippen LogP) is 21.4. The van der Waals surface area contributed by atoms with Crippen LogP contribution >= 0.6 is 41.9 Å². The first-order valence-corrected chi connectivity index (χ1v) is 40.2. The van der Waals surface area contributed by atoms with Crippen molar-refractivity contribution in [3.05, 3.63) is 252 Å². The Morgan fingerprint density at radius 1 is 0.280 bits per heavy atom. The Bertz CT molecular complexity index is 4010. The van der Waals surface area contributed by atoms with Crippen LogP contribution in [0.15, 0.2) is 258 Å². The van der Waals surface area contributed by atoms with Gasteiger partial charge in [0.25, 0.3) is 23.3 Å². The Hall–Kier alpha value is -8.00. The first-order valence-electron chi connectivity index (χ1n) is 33.0. The number of aliphatic imine (C=N–C) groups is 2. The predicted molar refractivity (Wildman–Crippen MR) is 426 cm³/mol. The summed E-state index contributed by atoms with van der Waals surface area (Å²) in [5, 5.41) is 4.33. The van der Waals surface area contributed by atoms with E-state index >= 15 is 0 Å². The fraction of sp³-hybridized carbons (Fsp3) is 0.259. The molecule has 0 saturated carbocycles. The molecule has 8 aromatic carbocycles. The van der Waals surface area contributed by atoms with Crippen LogP contribution in [0.1, 0.15) is 133 Å². The second-order valence-corrected chi connectivity index (χ2v) is 25.9. The molecular weight excluding hydrogens is 1210 g/mol. The number of nitrogens with zero attached hydrogens (tertiary/aromatic N) is 8. The maximum Gasteiger partial charge on any atom is 0.404 e. The van der Waals surface area contributed by atoms with Crippen molar-refractivity contribution in [3.63, 3.8) is 0 Å². The lowest BCUT2D eigenvalue weighted by Crippen LogP contribution is -2.71. The van der Waals surface area contributed by atoms with Crippen LogP contribution in [0.5, 0.6) is 0 Å². The smallest absolute Gasteiger partial charge is 0.192 e. The zero-order chi connectivity index (χ0) is 69.0. The maximum absolute atomic E-state index is 5.42. The Balaban J connectivity index is 0.000000291. The molecule has 6 aliphatic rings. The van der Waals surface area contributed by atoms with Crippen LogP contribution in [-0.2, 0) is 5.91 Å². The van der Waals surface area contributed by atoms with E-state index in [4.69, 9.17) is 20.0 Å². The van der Waals surface area contributed by atoms with E-state index in [-0.39, 0.29) is 41.9 Å². The molecule has 0 N–H and O–H groups in total. The zero-order valence-electron chi connectivity index (χ0n) is 59.3. The molecule has 0 saturated heterocycles. The summed E-state index contributed by atoms with van der Waals surface area (Å²) in [7, 11) is 0.684. The molecule has 4 unspecified atom stereocenters. The van der Waals surface area contributed by atoms with Gasteiger partial charge in [0.05, 0.1) is 22.3 Å². The molecule has 0 bridgehead atoms. The Morgan fingerprint density at radius 3 is 0.753 bits per heavy atom. The van der Waals surface area contributed by atoms with Gasteiger partial charge in [-0.05, 0) is 122 Å². The van der Waals surface area contributed by atoms with Crippen LogP contribution in [0.3, 0.4) is 0 Å². The number of hydrogen-bond donors (Lipinski definition) is 0. The first kappa shape index (κ1) is 77.4. The van der Waals surface area contributed by atoms with Crippen molar-refractivity contribution in [1.82, 2.24) is 9.13 Å². The quantitative estimate of drug-likeness (QED) is 0.125. The highest BCUT2D eigenvalue weighted by atomic mass is 32.2. The van der Waals surface area contributed by atoms with Crippen molar-refractivity contribution >= 4 is 122 Å². The molecule has 16 rings (SSSR count). The van der Waals surface area contributed by atoms with Crippen molar-refractivity contribution in [2.24, 2.45) is 20.0 Å². The SMILES string of the molecule is C=S(C)c1ccccc1.C=S(C)c1ccccc1.C=S(C)c1ccccc1.C=S(C)c1ccccc1.CC.CC.CC.CC.CC.CC.CC.CC.c1ccc2c(c1)C1=Nc3c4ccccc4c4n3C35n6c(c7ccccc7c6=NC6=[N+]3C(=N4)c3ccccc36)=NC2=[N+]15. The summed E-state index contributed by atoms with van der Waals surface area (Å²) in [5.41, 5.74) is 6.13. The van der Waals surface area contributed by atoms with Crippen LogP contribution in [0.2, 0.25) is 0 Å². The molecule has 2 aromatic heterocycles. The fourth-order valence-electron chi connectivity index (χ4n) is 10.5. The summed E-state index contributed by atoms with van der Waals surface area (Å²) in [6.07, 6.45) is 8.48. The average Bonchev–Trinajstić information content (AvgIpc) is 1.49. The second kappa shape index (κ2) is 38.9. The summed E-state index contributed by atoms with van der Waals surface area (Å²) >= 11 is 0. The van der Waals surface area contributed by atoms with Gasteiger partial charge in [0, 0.05) is 41.1 Å². The third-order valence-electron chi connectivity index (χ3n) is 14.0.